The van der Waals surface area contributed by atoms with E-state index in [-0.39, 0.29) is 0 Å². The molecular weight excluding hydrogens is 192 g/mol. The van der Waals surface area contributed by atoms with Crippen LogP contribution in [0, 0.1) is 0 Å². The quantitative estimate of drug-likeness (QED) is 0.646. The maximum atomic E-state index is 3.48. The zero-order chi connectivity index (χ0) is 10.3. The molecule has 0 bridgehead atoms. The number of hydrogen-bond acceptors (Lipinski definition) is 3. The number of piperidine rings is 1. The smallest absolute Gasteiger partial charge is 0.0409 e. The molecule has 0 aromatic rings. The fourth-order valence-electron chi connectivity index (χ4n) is 1.92. The zero-order valence-corrected chi connectivity index (χ0v) is 10.4. The highest BCUT2D eigenvalue weighted by Gasteiger charge is 2.33. The lowest BCUT2D eigenvalue weighted by Gasteiger charge is -2.40. The van der Waals surface area contributed by atoms with Gasteiger partial charge in [0.25, 0.3) is 0 Å². The third kappa shape index (κ3) is 3.79. The molecule has 2 heterocycles. The van der Waals surface area contributed by atoms with Gasteiger partial charge in [0.1, 0.15) is 0 Å². The van der Waals surface area contributed by atoms with Crippen molar-refractivity contribution in [3.8, 4) is 0 Å². The molecule has 1 unspecified atom stereocenters. The molecule has 84 valence electrons. The van der Waals surface area contributed by atoms with Crippen molar-refractivity contribution >= 4 is 11.8 Å². The molecule has 0 radical (unpaired) electrons. The molecule has 2 nitrogen and oxygen atoms in total. The molecule has 0 aliphatic carbocycles. The lowest BCUT2D eigenvalue weighted by atomic mass is 9.98. The highest BCUT2D eigenvalue weighted by molar-refractivity contribution is 8.00. The van der Waals surface area contributed by atoms with Crippen LogP contribution in [0.1, 0.15) is 33.1 Å². The second kappa shape index (κ2) is 6.70. The lowest BCUT2D eigenvalue weighted by molar-refractivity contribution is 0.392. The molecule has 0 aromatic heterocycles. The first-order valence-electron chi connectivity index (χ1n) is 5.88. The molecule has 1 spiro atoms. The molecule has 2 saturated heterocycles. The second-order valence-electron chi connectivity index (χ2n) is 4.20. The van der Waals surface area contributed by atoms with Crippen LogP contribution in [-0.4, -0.2) is 36.7 Å². The van der Waals surface area contributed by atoms with E-state index in [9.17, 15) is 0 Å². The van der Waals surface area contributed by atoms with Gasteiger partial charge in [0.15, 0.2) is 0 Å². The van der Waals surface area contributed by atoms with Gasteiger partial charge in [-0.3, -0.25) is 0 Å². The van der Waals surface area contributed by atoms with E-state index in [1.165, 1.54) is 51.2 Å². The monoisotopic (exact) mass is 216 g/mol. The molecule has 0 amide bonds. The summed E-state index contributed by atoms with van der Waals surface area (Å²) < 4.78 is 0.552. The summed E-state index contributed by atoms with van der Waals surface area (Å²) in [5, 5.41) is 6.97. The van der Waals surface area contributed by atoms with Gasteiger partial charge in [0.05, 0.1) is 0 Å². The van der Waals surface area contributed by atoms with E-state index in [1.54, 1.807) is 0 Å². The number of thioether (sulfide) groups is 1. The number of hydrogen-bond donors (Lipinski definition) is 2. The third-order valence-electron chi connectivity index (χ3n) is 2.57. The van der Waals surface area contributed by atoms with Gasteiger partial charge in [0, 0.05) is 30.1 Å². The summed E-state index contributed by atoms with van der Waals surface area (Å²) in [4.78, 5) is 0. The van der Waals surface area contributed by atoms with Crippen LogP contribution in [0.15, 0.2) is 0 Å². The molecule has 2 aliphatic rings. The van der Waals surface area contributed by atoms with E-state index in [1.807, 2.05) is 0 Å². The van der Waals surface area contributed by atoms with E-state index in [2.05, 4.69) is 36.2 Å². The topological polar surface area (TPSA) is 24.1 Å². The summed E-state index contributed by atoms with van der Waals surface area (Å²) in [5.74, 6) is 1.29. The maximum Gasteiger partial charge on any atom is 0.0409 e. The average Bonchev–Trinajstić information content (AvgIpc) is 2.21. The van der Waals surface area contributed by atoms with Crippen LogP contribution in [0.3, 0.4) is 0 Å². The van der Waals surface area contributed by atoms with Gasteiger partial charge < -0.3 is 10.6 Å². The molecule has 0 aromatic carbocycles. The van der Waals surface area contributed by atoms with Gasteiger partial charge >= 0.3 is 0 Å². The predicted octanol–water partition coefficient (Wildman–Crippen LogP) is 1.86. The van der Waals surface area contributed by atoms with Crippen LogP contribution in [-0.2, 0) is 0 Å². The molecule has 2 rings (SSSR count). The van der Waals surface area contributed by atoms with Crippen LogP contribution in [0.5, 0.6) is 0 Å². The Bertz CT molecular complexity index is 119. The van der Waals surface area contributed by atoms with Crippen molar-refractivity contribution in [1.82, 2.24) is 10.6 Å². The summed E-state index contributed by atoms with van der Waals surface area (Å²) in [6, 6.07) is 0. The fourth-order valence-corrected chi connectivity index (χ4v) is 3.30. The Balaban J connectivity index is 0.000000293. The van der Waals surface area contributed by atoms with Crippen LogP contribution < -0.4 is 10.6 Å². The van der Waals surface area contributed by atoms with Crippen molar-refractivity contribution < 1.29 is 0 Å². The zero-order valence-electron chi connectivity index (χ0n) is 9.57. The van der Waals surface area contributed by atoms with Crippen LogP contribution in [0.2, 0.25) is 0 Å². The van der Waals surface area contributed by atoms with Crippen LogP contribution in [0.25, 0.3) is 0 Å². The number of rotatable bonds is 0. The molecule has 3 heteroatoms. The first-order chi connectivity index (χ1) is 6.83. The Morgan fingerprint density at radius 1 is 1.14 bits per heavy atom. The molecule has 2 aliphatic heterocycles. The fraction of sp³-hybridized carbons (Fsp3) is 1.00. The van der Waals surface area contributed by atoms with Crippen molar-refractivity contribution in [2.75, 3.05) is 31.9 Å². The first kappa shape index (κ1) is 12.3. The maximum absolute atomic E-state index is 3.48. The Morgan fingerprint density at radius 2 is 1.79 bits per heavy atom. The minimum Gasteiger partial charge on any atom is -0.315 e. The van der Waals surface area contributed by atoms with Crippen LogP contribution in [0.4, 0.5) is 0 Å². The minimum absolute atomic E-state index is 0.552. The van der Waals surface area contributed by atoms with Gasteiger partial charge in [-0.1, -0.05) is 20.3 Å². The third-order valence-corrected chi connectivity index (χ3v) is 4.08. The predicted molar refractivity (Wildman–Crippen MR) is 66.1 cm³/mol. The van der Waals surface area contributed by atoms with Gasteiger partial charge in [0.2, 0.25) is 0 Å². The minimum atomic E-state index is 0.552. The molecule has 14 heavy (non-hydrogen) atoms. The summed E-state index contributed by atoms with van der Waals surface area (Å²) in [6.45, 7) is 9.10. The van der Waals surface area contributed by atoms with Gasteiger partial charge in [-0.05, 0) is 19.4 Å². The second-order valence-corrected chi connectivity index (χ2v) is 5.76. The van der Waals surface area contributed by atoms with E-state index >= 15 is 0 Å². The summed E-state index contributed by atoms with van der Waals surface area (Å²) >= 11 is 2.16. The summed E-state index contributed by atoms with van der Waals surface area (Å²) in [5.41, 5.74) is 0. The molecule has 1 atom stereocenters. The molecular formula is C11H24N2S. The van der Waals surface area contributed by atoms with Gasteiger partial charge in [-0.2, -0.15) is 11.8 Å². The van der Waals surface area contributed by atoms with Crippen molar-refractivity contribution in [3.05, 3.63) is 0 Å². The molecule has 2 N–H and O–H groups in total. The van der Waals surface area contributed by atoms with Crippen molar-refractivity contribution in [3.63, 3.8) is 0 Å². The van der Waals surface area contributed by atoms with Crippen molar-refractivity contribution in [1.29, 1.82) is 0 Å². The highest BCUT2D eigenvalue weighted by Crippen LogP contribution is 2.32. The van der Waals surface area contributed by atoms with E-state index < -0.39 is 0 Å². The van der Waals surface area contributed by atoms with Crippen molar-refractivity contribution in [2.24, 2.45) is 0 Å². The van der Waals surface area contributed by atoms with Gasteiger partial charge in [-0.15, -0.1) is 0 Å². The normalized spacial score (nSPS) is 32.1. The van der Waals surface area contributed by atoms with Crippen molar-refractivity contribution in [2.45, 2.75) is 37.9 Å². The Hall–Kier alpha value is 0.270. The highest BCUT2D eigenvalue weighted by atomic mass is 32.2. The molecule has 2 fully saturated rings. The molecule has 0 saturated carbocycles. The van der Waals surface area contributed by atoms with E-state index in [0.717, 1.165) is 0 Å². The number of nitrogens with one attached hydrogen (secondary N) is 2. The first-order valence-corrected chi connectivity index (χ1v) is 6.87. The Kier molecular flexibility index (Phi) is 5.90. The van der Waals surface area contributed by atoms with E-state index in [4.69, 9.17) is 0 Å². The Labute approximate surface area is 92.6 Å². The Morgan fingerprint density at radius 3 is 2.21 bits per heavy atom. The average molecular weight is 216 g/mol. The van der Waals surface area contributed by atoms with Crippen LogP contribution >= 0.6 is 11.8 Å². The standard InChI is InChI=1S/C8H16N2S.C3H8/c1-2-8(6-9-3-1)7-10-4-5-11-8;1-3-2/h9-10H,1-7H2;3H2,1-2H3. The largest absolute Gasteiger partial charge is 0.315 e. The SMILES string of the molecule is C1CNCC2(C1)CNCCS2.CCC. The van der Waals surface area contributed by atoms with Gasteiger partial charge in [-0.25, -0.2) is 0 Å². The summed E-state index contributed by atoms with van der Waals surface area (Å²) in [7, 11) is 0. The summed E-state index contributed by atoms with van der Waals surface area (Å²) in [6.07, 6.45) is 4.01. The van der Waals surface area contributed by atoms with E-state index in [0.29, 0.717) is 4.75 Å². The lowest BCUT2D eigenvalue weighted by Crippen LogP contribution is -2.52.